The molecule has 3 atom stereocenters. The summed E-state index contributed by atoms with van der Waals surface area (Å²) in [5.74, 6) is 2.44. The second-order valence-electron chi connectivity index (χ2n) is 4.98. The Morgan fingerprint density at radius 2 is 1.94 bits per heavy atom. The smallest absolute Gasteiger partial charge is 0.119 e. The third-order valence-corrected chi connectivity index (χ3v) is 5.03. The van der Waals surface area contributed by atoms with Gasteiger partial charge in [0, 0.05) is 4.83 Å². The summed E-state index contributed by atoms with van der Waals surface area (Å²) < 4.78 is 5.61. The number of rotatable bonds is 4. The second kappa shape index (κ2) is 5.90. The van der Waals surface area contributed by atoms with E-state index in [4.69, 9.17) is 4.74 Å². The van der Waals surface area contributed by atoms with Crippen molar-refractivity contribution in [1.82, 2.24) is 0 Å². The Morgan fingerprint density at radius 1 is 1.24 bits per heavy atom. The quantitative estimate of drug-likeness (QED) is 0.729. The van der Waals surface area contributed by atoms with Crippen molar-refractivity contribution in [3.8, 4) is 5.75 Å². The van der Waals surface area contributed by atoms with E-state index in [-0.39, 0.29) is 0 Å². The van der Waals surface area contributed by atoms with Crippen LogP contribution in [-0.2, 0) is 0 Å². The zero-order valence-corrected chi connectivity index (χ0v) is 12.2. The average Bonchev–Trinajstić information content (AvgIpc) is 2.68. The number of hydrogen-bond donors (Lipinski definition) is 0. The lowest BCUT2D eigenvalue weighted by Crippen LogP contribution is -2.08. The average molecular weight is 297 g/mol. The topological polar surface area (TPSA) is 9.23 Å². The number of ether oxygens (including phenoxy) is 1. The van der Waals surface area contributed by atoms with Gasteiger partial charge in [-0.25, -0.2) is 0 Å². The molecule has 1 aliphatic rings. The highest BCUT2D eigenvalue weighted by Gasteiger charge is 2.31. The lowest BCUT2D eigenvalue weighted by Gasteiger charge is -2.18. The van der Waals surface area contributed by atoms with Gasteiger partial charge in [-0.2, -0.15) is 0 Å². The van der Waals surface area contributed by atoms with Gasteiger partial charge in [0.05, 0.1) is 6.61 Å². The van der Waals surface area contributed by atoms with E-state index in [0.717, 1.165) is 24.7 Å². The van der Waals surface area contributed by atoms with E-state index in [1.807, 2.05) is 0 Å². The second-order valence-corrected chi connectivity index (χ2v) is 6.15. The summed E-state index contributed by atoms with van der Waals surface area (Å²) in [6.07, 6.45) is 3.65. The van der Waals surface area contributed by atoms with Crippen LogP contribution in [0.15, 0.2) is 24.3 Å². The Bertz CT molecular complexity index is 346. The third-order valence-electron chi connectivity index (χ3n) is 3.74. The molecule has 0 amide bonds. The summed E-state index contributed by atoms with van der Waals surface area (Å²) in [5.41, 5.74) is 1.46. The number of halogens is 1. The van der Waals surface area contributed by atoms with E-state index in [1.165, 1.54) is 18.4 Å². The van der Waals surface area contributed by atoms with Gasteiger partial charge in [-0.1, -0.05) is 41.9 Å². The number of hydrogen-bond acceptors (Lipinski definition) is 1. The molecule has 94 valence electrons. The highest BCUT2D eigenvalue weighted by Crippen LogP contribution is 2.43. The summed E-state index contributed by atoms with van der Waals surface area (Å²) in [6, 6.07) is 8.69. The summed E-state index contributed by atoms with van der Waals surface area (Å²) in [7, 11) is 0. The van der Waals surface area contributed by atoms with Crippen molar-refractivity contribution in [3.63, 3.8) is 0 Å². The first-order valence-electron chi connectivity index (χ1n) is 6.59. The molecular formula is C15H21BrO. The van der Waals surface area contributed by atoms with Crippen LogP contribution in [0.1, 0.15) is 44.6 Å². The molecule has 0 saturated heterocycles. The van der Waals surface area contributed by atoms with Gasteiger partial charge in [0.25, 0.3) is 0 Å². The van der Waals surface area contributed by atoms with Crippen LogP contribution in [0.3, 0.4) is 0 Å². The molecule has 0 heterocycles. The molecule has 1 nitrogen and oxygen atoms in total. The van der Waals surface area contributed by atoms with Crippen molar-refractivity contribution < 1.29 is 4.74 Å². The molecular weight excluding hydrogens is 276 g/mol. The molecule has 0 spiro atoms. The Hall–Kier alpha value is -0.500. The lowest BCUT2D eigenvalue weighted by atomic mass is 9.90. The van der Waals surface area contributed by atoms with Crippen LogP contribution in [0, 0.1) is 5.92 Å². The van der Waals surface area contributed by atoms with Crippen LogP contribution in [0.25, 0.3) is 0 Å². The summed E-state index contributed by atoms with van der Waals surface area (Å²) in [4.78, 5) is 0.684. The van der Waals surface area contributed by atoms with Gasteiger partial charge in [0.1, 0.15) is 5.75 Å². The largest absolute Gasteiger partial charge is 0.494 e. The van der Waals surface area contributed by atoms with E-state index >= 15 is 0 Å². The van der Waals surface area contributed by atoms with Crippen LogP contribution in [-0.4, -0.2) is 11.4 Å². The van der Waals surface area contributed by atoms with Crippen molar-refractivity contribution in [1.29, 1.82) is 0 Å². The molecule has 17 heavy (non-hydrogen) atoms. The summed E-state index contributed by atoms with van der Waals surface area (Å²) >= 11 is 3.77. The predicted molar refractivity (Wildman–Crippen MR) is 76.1 cm³/mol. The van der Waals surface area contributed by atoms with E-state index in [2.05, 4.69) is 54.0 Å². The van der Waals surface area contributed by atoms with E-state index < -0.39 is 0 Å². The monoisotopic (exact) mass is 296 g/mol. The standard InChI is InChI=1S/C15H21BrO/c1-3-10-17-13-6-4-12(5-7-13)14-8-9-15(16)11(14)2/h4-7,11,14-15H,3,8-10H2,1-2H3. The fourth-order valence-electron chi connectivity index (χ4n) is 2.62. The van der Waals surface area contributed by atoms with Crippen LogP contribution in [0.5, 0.6) is 5.75 Å². The molecule has 2 heteroatoms. The zero-order valence-electron chi connectivity index (χ0n) is 10.7. The molecule has 0 N–H and O–H groups in total. The minimum atomic E-state index is 0.684. The Kier molecular flexibility index (Phi) is 4.49. The van der Waals surface area contributed by atoms with Gasteiger partial charge in [-0.05, 0) is 48.8 Å². The van der Waals surface area contributed by atoms with Gasteiger partial charge < -0.3 is 4.74 Å². The molecule has 1 saturated carbocycles. The molecule has 2 rings (SSSR count). The Labute approximate surface area is 113 Å². The van der Waals surface area contributed by atoms with Crippen LogP contribution >= 0.6 is 15.9 Å². The Balaban J connectivity index is 2.02. The van der Waals surface area contributed by atoms with Crippen molar-refractivity contribution in [2.45, 2.75) is 43.9 Å². The molecule has 0 aromatic heterocycles. The molecule has 1 aromatic rings. The number of benzene rings is 1. The summed E-state index contributed by atoms with van der Waals surface area (Å²) in [6.45, 7) is 5.28. The molecule has 0 aliphatic heterocycles. The minimum absolute atomic E-state index is 0.684. The minimum Gasteiger partial charge on any atom is -0.494 e. The van der Waals surface area contributed by atoms with Crippen LogP contribution in [0.4, 0.5) is 0 Å². The first kappa shape index (κ1) is 12.9. The normalized spacial score (nSPS) is 28.3. The van der Waals surface area contributed by atoms with E-state index in [9.17, 15) is 0 Å². The van der Waals surface area contributed by atoms with E-state index in [1.54, 1.807) is 0 Å². The van der Waals surface area contributed by atoms with Crippen molar-refractivity contribution in [3.05, 3.63) is 29.8 Å². The van der Waals surface area contributed by atoms with Crippen LogP contribution in [0.2, 0.25) is 0 Å². The van der Waals surface area contributed by atoms with Gasteiger partial charge in [-0.15, -0.1) is 0 Å². The predicted octanol–water partition coefficient (Wildman–Crippen LogP) is 4.75. The molecule has 1 aliphatic carbocycles. The fourth-order valence-corrected chi connectivity index (χ4v) is 3.25. The van der Waals surface area contributed by atoms with Crippen molar-refractivity contribution >= 4 is 15.9 Å². The van der Waals surface area contributed by atoms with Crippen LogP contribution < -0.4 is 4.74 Å². The van der Waals surface area contributed by atoms with Crippen molar-refractivity contribution in [2.75, 3.05) is 6.61 Å². The fraction of sp³-hybridized carbons (Fsp3) is 0.600. The molecule has 1 fully saturated rings. The highest BCUT2D eigenvalue weighted by molar-refractivity contribution is 9.09. The first-order chi connectivity index (χ1) is 8.22. The molecule has 3 unspecified atom stereocenters. The first-order valence-corrected chi connectivity index (χ1v) is 7.50. The van der Waals surface area contributed by atoms with Gasteiger partial charge in [-0.3, -0.25) is 0 Å². The maximum atomic E-state index is 5.61. The maximum absolute atomic E-state index is 5.61. The molecule has 0 bridgehead atoms. The maximum Gasteiger partial charge on any atom is 0.119 e. The zero-order chi connectivity index (χ0) is 12.3. The molecule has 0 radical (unpaired) electrons. The third kappa shape index (κ3) is 3.04. The van der Waals surface area contributed by atoms with Crippen molar-refractivity contribution in [2.24, 2.45) is 5.92 Å². The van der Waals surface area contributed by atoms with Gasteiger partial charge >= 0.3 is 0 Å². The lowest BCUT2D eigenvalue weighted by molar-refractivity contribution is 0.317. The molecule has 1 aromatic carbocycles. The van der Waals surface area contributed by atoms with Gasteiger partial charge in [0.2, 0.25) is 0 Å². The number of alkyl halides is 1. The van der Waals surface area contributed by atoms with Gasteiger partial charge in [0.15, 0.2) is 0 Å². The summed E-state index contributed by atoms with van der Waals surface area (Å²) in [5, 5.41) is 0. The van der Waals surface area contributed by atoms with E-state index in [0.29, 0.717) is 10.7 Å². The Morgan fingerprint density at radius 3 is 2.47 bits per heavy atom. The SMILES string of the molecule is CCCOc1ccc(C2CCC(Br)C2C)cc1. The highest BCUT2D eigenvalue weighted by atomic mass is 79.9.